The van der Waals surface area contributed by atoms with Gasteiger partial charge in [0.25, 0.3) is 5.01 Å². The van der Waals surface area contributed by atoms with E-state index in [1.807, 2.05) is 38.3 Å². The molecule has 0 spiro atoms. The van der Waals surface area contributed by atoms with Crippen LogP contribution in [0.25, 0.3) is 16.3 Å². The van der Waals surface area contributed by atoms with Gasteiger partial charge in [-0.1, -0.05) is 23.8 Å². The number of benzene rings is 1. The van der Waals surface area contributed by atoms with E-state index >= 15 is 0 Å². The molecule has 1 saturated heterocycles. The van der Waals surface area contributed by atoms with Gasteiger partial charge in [-0.25, -0.2) is 8.42 Å². The predicted octanol–water partition coefficient (Wildman–Crippen LogP) is 2.93. The zero-order valence-corrected chi connectivity index (χ0v) is 14.6. The summed E-state index contributed by atoms with van der Waals surface area (Å²) >= 11 is 1.62. The standard InChI is InChI=1S/C16H21N2O2S2/c1-3-7-16-17(2)14-9-8-13(12-15(14)21-16)22(19,20)18-10-5-4-6-11-18/h3,7-9,12H,4-6,10-11H2,1-2H3/q+1. The fraction of sp³-hybridized carbons (Fsp3) is 0.438. The van der Waals surface area contributed by atoms with Gasteiger partial charge in [-0.3, -0.25) is 0 Å². The maximum absolute atomic E-state index is 12.8. The summed E-state index contributed by atoms with van der Waals surface area (Å²) in [5, 5.41) is 1.12. The van der Waals surface area contributed by atoms with E-state index in [-0.39, 0.29) is 0 Å². The highest BCUT2D eigenvalue weighted by Crippen LogP contribution is 2.27. The normalized spacial score (nSPS) is 17.5. The van der Waals surface area contributed by atoms with E-state index in [9.17, 15) is 8.42 Å². The van der Waals surface area contributed by atoms with Crippen LogP contribution in [0.2, 0.25) is 0 Å². The second kappa shape index (κ2) is 6.10. The minimum atomic E-state index is -3.36. The van der Waals surface area contributed by atoms with E-state index in [1.165, 1.54) is 0 Å². The summed E-state index contributed by atoms with van der Waals surface area (Å²) in [7, 11) is -1.35. The predicted molar refractivity (Wildman–Crippen MR) is 90.3 cm³/mol. The summed E-state index contributed by atoms with van der Waals surface area (Å²) in [5.74, 6) is 0. The molecule has 1 fully saturated rings. The van der Waals surface area contributed by atoms with E-state index < -0.39 is 10.0 Å². The molecule has 4 nitrogen and oxygen atoms in total. The molecule has 1 aromatic carbocycles. The molecule has 0 saturated carbocycles. The topological polar surface area (TPSA) is 41.3 Å². The molecule has 0 N–H and O–H groups in total. The van der Waals surface area contributed by atoms with Gasteiger partial charge in [-0.2, -0.15) is 8.87 Å². The fourth-order valence-electron chi connectivity index (χ4n) is 2.86. The number of sulfonamides is 1. The van der Waals surface area contributed by atoms with Crippen LogP contribution < -0.4 is 4.57 Å². The van der Waals surface area contributed by atoms with Crippen molar-refractivity contribution >= 4 is 37.7 Å². The van der Waals surface area contributed by atoms with Crippen molar-refractivity contribution in [2.75, 3.05) is 13.1 Å². The molecule has 1 aliphatic heterocycles. The molecule has 1 aliphatic rings. The van der Waals surface area contributed by atoms with Gasteiger partial charge in [0.2, 0.25) is 15.5 Å². The third-order valence-electron chi connectivity index (χ3n) is 4.10. The Morgan fingerprint density at radius 3 is 2.64 bits per heavy atom. The number of fused-ring (bicyclic) bond motifs is 1. The molecule has 0 atom stereocenters. The molecule has 22 heavy (non-hydrogen) atoms. The van der Waals surface area contributed by atoms with Crippen LogP contribution in [0.15, 0.2) is 29.2 Å². The van der Waals surface area contributed by atoms with Crippen LogP contribution in [-0.2, 0) is 17.1 Å². The number of nitrogens with zero attached hydrogens (tertiary/aromatic N) is 2. The molecule has 6 heteroatoms. The van der Waals surface area contributed by atoms with E-state index in [0.717, 1.165) is 34.5 Å². The van der Waals surface area contributed by atoms with E-state index in [1.54, 1.807) is 21.7 Å². The lowest BCUT2D eigenvalue weighted by atomic mass is 10.2. The van der Waals surface area contributed by atoms with Crippen LogP contribution >= 0.6 is 11.3 Å². The van der Waals surface area contributed by atoms with Crippen molar-refractivity contribution in [2.45, 2.75) is 31.1 Å². The average Bonchev–Trinajstić information content (AvgIpc) is 2.84. The molecule has 2 aromatic rings. The number of aromatic nitrogens is 1. The Morgan fingerprint density at radius 1 is 1.23 bits per heavy atom. The number of rotatable bonds is 3. The van der Waals surface area contributed by atoms with Crippen LogP contribution in [0, 0.1) is 0 Å². The summed E-state index contributed by atoms with van der Waals surface area (Å²) in [6.45, 7) is 3.27. The van der Waals surface area contributed by atoms with Gasteiger partial charge < -0.3 is 0 Å². The molecule has 0 bridgehead atoms. The third-order valence-corrected chi connectivity index (χ3v) is 7.16. The van der Waals surface area contributed by atoms with Gasteiger partial charge in [0.05, 0.1) is 4.90 Å². The molecule has 2 heterocycles. The first-order chi connectivity index (χ1) is 10.5. The average molecular weight is 337 g/mol. The molecule has 0 aliphatic carbocycles. The van der Waals surface area contributed by atoms with Crippen LogP contribution in [0.4, 0.5) is 0 Å². The largest absolute Gasteiger partial charge is 0.262 e. The van der Waals surface area contributed by atoms with Crippen molar-refractivity contribution in [1.82, 2.24) is 4.31 Å². The van der Waals surface area contributed by atoms with Crippen LogP contribution in [0.5, 0.6) is 0 Å². The van der Waals surface area contributed by atoms with Gasteiger partial charge >= 0.3 is 0 Å². The maximum Gasteiger partial charge on any atom is 0.262 e. The number of hydrogen-bond acceptors (Lipinski definition) is 3. The Hall–Kier alpha value is -1.24. The molecule has 0 amide bonds. The molecule has 118 valence electrons. The summed E-state index contributed by atoms with van der Waals surface area (Å²) in [6, 6.07) is 5.46. The monoisotopic (exact) mass is 337 g/mol. The zero-order chi connectivity index (χ0) is 15.7. The van der Waals surface area contributed by atoms with Crippen molar-refractivity contribution in [3.8, 4) is 0 Å². The Balaban J connectivity index is 2.04. The highest BCUT2D eigenvalue weighted by molar-refractivity contribution is 7.89. The number of aryl methyl sites for hydroxylation is 1. The first-order valence-corrected chi connectivity index (χ1v) is 9.85. The van der Waals surface area contributed by atoms with Crippen molar-refractivity contribution < 1.29 is 13.0 Å². The molecule has 0 radical (unpaired) electrons. The fourth-order valence-corrected chi connectivity index (χ4v) is 5.63. The summed E-state index contributed by atoms with van der Waals surface area (Å²) < 4.78 is 30.2. The SMILES string of the molecule is CC=Cc1sc2cc(S(=O)(=O)N3CCCCC3)ccc2[n+]1C. The second-order valence-corrected chi connectivity index (χ2v) is 8.59. The van der Waals surface area contributed by atoms with Crippen molar-refractivity contribution in [2.24, 2.45) is 7.05 Å². The zero-order valence-electron chi connectivity index (χ0n) is 12.9. The summed E-state index contributed by atoms with van der Waals surface area (Å²) in [6.07, 6.45) is 7.08. The highest BCUT2D eigenvalue weighted by Gasteiger charge is 2.27. The molecular formula is C16H21N2O2S2+. The van der Waals surface area contributed by atoms with Gasteiger partial charge in [0, 0.05) is 25.2 Å². The molecule has 0 unspecified atom stereocenters. The maximum atomic E-state index is 12.8. The quantitative estimate of drug-likeness (QED) is 0.808. The van der Waals surface area contributed by atoms with Gasteiger partial charge in [-0.15, -0.1) is 0 Å². The third kappa shape index (κ3) is 2.71. The molecule has 3 rings (SSSR count). The highest BCUT2D eigenvalue weighted by atomic mass is 32.2. The van der Waals surface area contributed by atoms with Crippen molar-refractivity contribution in [3.63, 3.8) is 0 Å². The smallest absolute Gasteiger partial charge is 0.207 e. The number of allylic oxidation sites excluding steroid dienone is 1. The minimum Gasteiger partial charge on any atom is -0.207 e. The van der Waals surface area contributed by atoms with Crippen molar-refractivity contribution in [1.29, 1.82) is 0 Å². The lowest BCUT2D eigenvalue weighted by Crippen LogP contribution is -2.35. The van der Waals surface area contributed by atoms with Gasteiger partial charge in [-0.05, 0) is 31.9 Å². The van der Waals surface area contributed by atoms with E-state index in [0.29, 0.717) is 18.0 Å². The number of thiazole rings is 1. The Bertz CT molecular complexity index is 816. The lowest BCUT2D eigenvalue weighted by molar-refractivity contribution is -0.642. The first kappa shape index (κ1) is 15.6. The van der Waals surface area contributed by atoms with Crippen LogP contribution in [-0.4, -0.2) is 25.8 Å². The second-order valence-electron chi connectivity index (χ2n) is 5.59. The summed E-state index contributed by atoms with van der Waals surface area (Å²) in [4.78, 5) is 0.413. The molecule has 1 aromatic heterocycles. The lowest BCUT2D eigenvalue weighted by Gasteiger charge is -2.25. The first-order valence-electron chi connectivity index (χ1n) is 7.59. The van der Waals surface area contributed by atoms with E-state index in [2.05, 4.69) is 4.57 Å². The van der Waals surface area contributed by atoms with Crippen LogP contribution in [0.3, 0.4) is 0 Å². The Kier molecular flexibility index (Phi) is 4.34. The van der Waals surface area contributed by atoms with Gasteiger partial charge in [0.15, 0.2) is 0 Å². The minimum absolute atomic E-state index is 0.413. The van der Waals surface area contributed by atoms with E-state index in [4.69, 9.17) is 0 Å². The van der Waals surface area contributed by atoms with Crippen LogP contribution in [0.1, 0.15) is 31.2 Å². The van der Waals surface area contributed by atoms with Crippen molar-refractivity contribution in [3.05, 3.63) is 29.3 Å². The number of piperidine rings is 1. The summed E-state index contributed by atoms with van der Waals surface area (Å²) in [5.41, 5.74) is 1.07. The Morgan fingerprint density at radius 2 is 1.95 bits per heavy atom. The Labute approximate surface area is 135 Å². The number of hydrogen-bond donors (Lipinski definition) is 0. The van der Waals surface area contributed by atoms with Gasteiger partial charge in [0.1, 0.15) is 11.7 Å². The molecular weight excluding hydrogens is 316 g/mol.